The first-order valence-electron chi connectivity index (χ1n) is 5.16. The van der Waals surface area contributed by atoms with Gasteiger partial charge in [0, 0.05) is 0 Å². The fourth-order valence-corrected chi connectivity index (χ4v) is 1.75. The van der Waals surface area contributed by atoms with E-state index < -0.39 is 39.2 Å². The molecule has 11 heteroatoms. The van der Waals surface area contributed by atoms with E-state index in [2.05, 4.69) is 14.5 Å². The summed E-state index contributed by atoms with van der Waals surface area (Å²) >= 11 is 1.22. The Labute approximate surface area is 127 Å². The molecular weight excluding hydrogens is 423 g/mol. The molecule has 1 aromatic heterocycles. The summed E-state index contributed by atoms with van der Waals surface area (Å²) in [5.74, 6) is -2.54. The lowest BCUT2D eigenvalue weighted by Crippen LogP contribution is -2.22. The van der Waals surface area contributed by atoms with Crippen LogP contribution in [0.2, 0.25) is 0 Å². The van der Waals surface area contributed by atoms with Gasteiger partial charge in [0.05, 0.1) is 12.2 Å². The zero-order valence-electron chi connectivity index (χ0n) is 10.1. The van der Waals surface area contributed by atoms with Crippen LogP contribution in [0.3, 0.4) is 0 Å². The number of esters is 1. The lowest BCUT2D eigenvalue weighted by molar-refractivity contribution is -0.275. The van der Waals surface area contributed by atoms with Crippen LogP contribution in [-0.4, -0.2) is 23.9 Å². The van der Waals surface area contributed by atoms with E-state index >= 15 is 0 Å². The van der Waals surface area contributed by atoms with Gasteiger partial charge in [-0.05, 0) is 35.6 Å². The van der Waals surface area contributed by atoms with E-state index in [9.17, 15) is 31.1 Å². The van der Waals surface area contributed by atoms with Crippen LogP contribution in [0.4, 0.5) is 26.3 Å². The lowest BCUT2D eigenvalue weighted by Gasteiger charge is -2.15. The normalized spacial score (nSPS) is 12.2. The molecule has 0 aliphatic heterocycles. The lowest BCUT2D eigenvalue weighted by atomic mass is 10.2. The average Bonchev–Trinajstić information content (AvgIpc) is 2.28. The Bertz CT molecular complexity index is 543. The molecule has 0 spiro atoms. The molecule has 0 amide bonds. The van der Waals surface area contributed by atoms with Gasteiger partial charge in [-0.1, -0.05) is 0 Å². The maximum absolute atomic E-state index is 12.8. The van der Waals surface area contributed by atoms with Gasteiger partial charge >= 0.3 is 18.5 Å². The molecule has 0 aromatic carbocycles. The van der Waals surface area contributed by atoms with Crippen molar-refractivity contribution in [2.45, 2.75) is 19.5 Å². The van der Waals surface area contributed by atoms with Crippen molar-refractivity contribution in [3.05, 3.63) is 21.0 Å². The first kappa shape index (κ1) is 17.8. The van der Waals surface area contributed by atoms with E-state index in [4.69, 9.17) is 0 Å². The standard InChI is InChI=1S/C10H6F6INO3/c1-2-20-8(19)6-4(9(11,12)13)3-5(7(17)18-6)21-10(14,15)16/h3H,2H2,1H3. The highest BCUT2D eigenvalue weighted by Crippen LogP contribution is 2.37. The summed E-state index contributed by atoms with van der Waals surface area (Å²) < 4.78 is 82.0. The maximum atomic E-state index is 12.8. The number of rotatable bonds is 3. The summed E-state index contributed by atoms with van der Waals surface area (Å²) in [7, 11) is 0. The molecule has 0 atom stereocenters. The number of carbonyl (C=O) groups excluding carboxylic acids is 1. The topological polar surface area (TPSA) is 48.4 Å². The van der Waals surface area contributed by atoms with Gasteiger partial charge in [-0.3, -0.25) is 0 Å². The summed E-state index contributed by atoms with van der Waals surface area (Å²) in [6.45, 7) is 1.15. The maximum Gasteiger partial charge on any atom is 0.573 e. The fourth-order valence-electron chi connectivity index (χ4n) is 1.24. The van der Waals surface area contributed by atoms with Crippen molar-refractivity contribution in [3.63, 3.8) is 0 Å². The molecule has 118 valence electrons. The average molecular weight is 429 g/mol. The highest BCUT2D eigenvalue weighted by Gasteiger charge is 2.40. The second kappa shape index (κ2) is 6.23. The third-order valence-electron chi connectivity index (χ3n) is 1.94. The number of hydrogen-bond donors (Lipinski definition) is 0. The summed E-state index contributed by atoms with van der Waals surface area (Å²) in [5.41, 5.74) is -2.79. The van der Waals surface area contributed by atoms with Crippen molar-refractivity contribution in [2.75, 3.05) is 6.61 Å². The van der Waals surface area contributed by atoms with Crippen molar-refractivity contribution in [1.29, 1.82) is 0 Å². The number of carbonyl (C=O) groups is 1. The molecule has 0 unspecified atom stereocenters. The minimum atomic E-state index is -5.18. The molecule has 0 radical (unpaired) electrons. The van der Waals surface area contributed by atoms with Crippen LogP contribution >= 0.6 is 22.6 Å². The van der Waals surface area contributed by atoms with Crippen LogP contribution in [0.1, 0.15) is 23.0 Å². The Balaban J connectivity index is 3.40. The van der Waals surface area contributed by atoms with Crippen molar-refractivity contribution >= 4 is 28.6 Å². The molecule has 4 nitrogen and oxygen atoms in total. The predicted molar refractivity (Wildman–Crippen MR) is 64.6 cm³/mol. The molecular formula is C10H6F6INO3. The third kappa shape index (κ3) is 4.89. The van der Waals surface area contributed by atoms with Gasteiger partial charge in [-0.2, -0.15) is 13.2 Å². The van der Waals surface area contributed by atoms with E-state index in [1.165, 1.54) is 29.5 Å². The Kier molecular flexibility index (Phi) is 5.28. The van der Waals surface area contributed by atoms with E-state index in [-0.39, 0.29) is 12.7 Å². The van der Waals surface area contributed by atoms with Gasteiger partial charge in [0.1, 0.15) is 3.70 Å². The Morgan fingerprint density at radius 2 is 1.86 bits per heavy atom. The Hall–Kier alpha value is -1.27. The molecule has 0 aliphatic carbocycles. The molecule has 21 heavy (non-hydrogen) atoms. The van der Waals surface area contributed by atoms with Crippen LogP contribution < -0.4 is 4.74 Å². The zero-order valence-corrected chi connectivity index (χ0v) is 12.3. The number of alkyl halides is 6. The molecule has 1 aromatic rings. The zero-order chi connectivity index (χ0) is 16.4. The van der Waals surface area contributed by atoms with Crippen LogP contribution in [-0.2, 0) is 10.9 Å². The monoisotopic (exact) mass is 429 g/mol. The first-order chi connectivity index (χ1) is 9.45. The van der Waals surface area contributed by atoms with Crippen LogP contribution in [0.25, 0.3) is 0 Å². The molecule has 0 saturated heterocycles. The van der Waals surface area contributed by atoms with Gasteiger partial charge in [-0.25, -0.2) is 9.78 Å². The van der Waals surface area contributed by atoms with Gasteiger partial charge < -0.3 is 9.47 Å². The number of aromatic nitrogens is 1. The van der Waals surface area contributed by atoms with Gasteiger partial charge in [0.25, 0.3) is 0 Å². The number of hydrogen-bond acceptors (Lipinski definition) is 4. The van der Waals surface area contributed by atoms with Crippen molar-refractivity contribution in [2.24, 2.45) is 0 Å². The van der Waals surface area contributed by atoms with Gasteiger partial charge in [0.15, 0.2) is 11.4 Å². The fraction of sp³-hybridized carbons (Fsp3) is 0.400. The van der Waals surface area contributed by atoms with Crippen LogP contribution in [0.15, 0.2) is 6.07 Å². The van der Waals surface area contributed by atoms with Gasteiger partial charge in [0.2, 0.25) is 0 Å². The highest BCUT2D eigenvalue weighted by atomic mass is 127. The van der Waals surface area contributed by atoms with E-state index in [1.807, 2.05) is 0 Å². The second-order valence-electron chi connectivity index (χ2n) is 3.44. The van der Waals surface area contributed by atoms with E-state index in [0.717, 1.165) is 0 Å². The first-order valence-corrected chi connectivity index (χ1v) is 6.24. The van der Waals surface area contributed by atoms with Crippen molar-refractivity contribution in [3.8, 4) is 5.75 Å². The van der Waals surface area contributed by atoms with Crippen molar-refractivity contribution < 1.29 is 40.6 Å². The molecule has 0 aliphatic rings. The quantitative estimate of drug-likeness (QED) is 0.318. The number of nitrogens with zero attached hydrogens (tertiary/aromatic N) is 1. The third-order valence-corrected chi connectivity index (χ3v) is 2.72. The molecule has 0 N–H and O–H groups in total. The Morgan fingerprint density at radius 1 is 1.29 bits per heavy atom. The summed E-state index contributed by atoms with van der Waals surface area (Å²) in [6.07, 6.45) is -10.3. The summed E-state index contributed by atoms with van der Waals surface area (Å²) in [4.78, 5) is 14.6. The largest absolute Gasteiger partial charge is 0.573 e. The minimum Gasteiger partial charge on any atom is -0.461 e. The number of halogens is 7. The second-order valence-corrected chi connectivity index (χ2v) is 4.46. The minimum absolute atomic E-state index is 0.0640. The van der Waals surface area contributed by atoms with Gasteiger partial charge in [-0.15, -0.1) is 13.2 Å². The SMILES string of the molecule is CCOC(=O)c1nc(I)c(OC(F)(F)F)cc1C(F)(F)F. The molecule has 0 saturated carbocycles. The molecule has 0 bridgehead atoms. The molecule has 0 fully saturated rings. The van der Waals surface area contributed by atoms with Crippen molar-refractivity contribution in [1.82, 2.24) is 4.98 Å². The number of pyridine rings is 1. The van der Waals surface area contributed by atoms with Crippen LogP contribution in [0, 0.1) is 3.70 Å². The van der Waals surface area contributed by atoms with E-state index in [1.54, 1.807) is 0 Å². The highest BCUT2D eigenvalue weighted by molar-refractivity contribution is 14.1. The molecule has 1 rings (SSSR count). The smallest absolute Gasteiger partial charge is 0.461 e. The summed E-state index contributed by atoms with van der Waals surface area (Å²) in [6, 6.07) is 0.0640. The van der Waals surface area contributed by atoms with Crippen LogP contribution in [0.5, 0.6) is 5.75 Å². The summed E-state index contributed by atoms with van der Waals surface area (Å²) in [5, 5.41) is 0. The number of ether oxygens (including phenoxy) is 2. The molecule has 1 heterocycles. The Morgan fingerprint density at radius 3 is 2.29 bits per heavy atom. The predicted octanol–water partition coefficient (Wildman–Crippen LogP) is 3.78. The van der Waals surface area contributed by atoms with E-state index in [0.29, 0.717) is 0 Å².